The minimum absolute atomic E-state index is 0.0555. The molecule has 0 aliphatic heterocycles. The van der Waals surface area contributed by atoms with Crippen LogP contribution in [-0.4, -0.2) is 19.2 Å². The lowest BCUT2D eigenvalue weighted by molar-refractivity contribution is 0.853. The highest BCUT2D eigenvalue weighted by atomic mass is 32.2. The maximum atomic E-state index is 12.4. The van der Waals surface area contributed by atoms with Crippen molar-refractivity contribution >= 4 is 28.4 Å². The van der Waals surface area contributed by atoms with Crippen LogP contribution in [0.2, 0.25) is 0 Å². The van der Waals surface area contributed by atoms with E-state index in [4.69, 9.17) is 0 Å². The van der Waals surface area contributed by atoms with Crippen LogP contribution in [0.4, 0.5) is 0 Å². The van der Waals surface area contributed by atoms with Crippen LogP contribution >= 0.6 is 11.8 Å². The standard InChI is InChI=1S/C17H14N4OS/c1-20-15(22)13-9-5-6-10-14(13)21-16(20)18-19-17(21)23-11-12-7-3-2-4-8-12/h2-10H,11H2,1H3. The van der Waals surface area contributed by atoms with Crippen molar-refractivity contribution in [2.24, 2.45) is 7.05 Å². The third-order valence-corrected chi connectivity index (χ3v) is 4.81. The van der Waals surface area contributed by atoms with Crippen molar-refractivity contribution in [2.45, 2.75) is 10.9 Å². The zero-order valence-electron chi connectivity index (χ0n) is 12.5. The number of benzene rings is 2. The molecule has 2 aromatic heterocycles. The lowest BCUT2D eigenvalue weighted by Crippen LogP contribution is -2.20. The predicted molar refractivity (Wildman–Crippen MR) is 91.7 cm³/mol. The Kier molecular flexibility index (Phi) is 3.38. The van der Waals surface area contributed by atoms with Crippen LogP contribution in [-0.2, 0) is 12.8 Å². The van der Waals surface area contributed by atoms with Gasteiger partial charge in [0.2, 0.25) is 5.78 Å². The molecule has 114 valence electrons. The van der Waals surface area contributed by atoms with Crippen LogP contribution in [0.25, 0.3) is 16.7 Å². The summed E-state index contributed by atoms with van der Waals surface area (Å²) in [6.45, 7) is 0. The monoisotopic (exact) mass is 322 g/mol. The molecule has 4 rings (SSSR count). The number of thioether (sulfide) groups is 1. The highest BCUT2D eigenvalue weighted by Crippen LogP contribution is 2.24. The molecule has 2 aromatic carbocycles. The van der Waals surface area contributed by atoms with Gasteiger partial charge in [-0.2, -0.15) is 0 Å². The zero-order valence-corrected chi connectivity index (χ0v) is 13.3. The summed E-state index contributed by atoms with van der Waals surface area (Å²) in [7, 11) is 1.73. The first-order valence-electron chi connectivity index (χ1n) is 7.25. The summed E-state index contributed by atoms with van der Waals surface area (Å²) >= 11 is 1.61. The number of para-hydroxylation sites is 1. The molecule has 0 unspecified atom stereocenters. The first kappa shape index (κ1) is 14.0. The minimum atomic E-state index is -0.0555. The molecule has 0 amide bonds. The summed E-state index contributed by atoms with van der Waals surface area (Å²) in [6, 6.07) is 17.8. The van der Waals surface area contributed by atoms with Crippen LogP contribution < -0.4 is 5.56 Å². The van der Waals surface area contributed by atoms with Gasteiger partial charge < -0.3 is 0 Å². The Morgan fingerprint density at radius 3 is 2.57 bits per heavy atom. The van der Waals surface area contributed by atoms with Gasteiger partial charge in [-0.25, -0.2) is 0 Å². The van der Waals surface area contributed by atoms with Gasteiger partial charge in [0.1, 0.15) is 0 Å². The summed E-state index contributed by atoms with van der Waals surface area (Å²) in [6.07, 6.45) is 0. The summed E-state index contributed by atoms with van der Waals surface area (Å²) in [5.41, 5.74) is 2.01. The largest absolute Gasteiger partial charge is 0.279 e. The van der Waals surface area contributed by atoms with Gasteiger partial charge in [0.25, 0.3) is 5.56 Å². The van der Waals surface area contributed by atoms with Crippen molar-refractivity contribution in [1.82, 2.24) is 19.2 Å². The molecule has 0 aliphatic carbocycles. The van der Waals surface area contributed by atoms with E-state index in [9.17, 15) is 4.79 Å². The molecule has 0 radical (unpaired) electrons. The fraction of sp³-hybridized carbons (Fsp3) is 0.118. The maximum absolute atomic E-state index is 12.4. The van der Waals surface area contributed by atoms with Gasteiger partial charge >= 0.3 is 0 Å². The predicted octanol–water partition coefficient (Wildman–Crippen LogP) is 2.87. The average Bonchev–Trinajstić information content (AvgIpc) is 3.03. The number of aromatic nitrogens is 4. The topological polar surface area (TPSA) is 52.2 Å². The van der Waals surface area contributed by atoms with Crippen LogP contribution in [0.3, 0.4) is 0 Å². The fourth-order valence-electron chi connectivity index (χ4n) is 2.63. The van der Waals surface area contributed by atoms with E-state index in [-0.39, 0.29) is 5.56 Å². The number of hydrogen-bond acceptors (Lipinski definition) is 4. The normalized spacial score (nSPS) is 11.3. The lowest BCUT2D eigenvalue weighted by atomic mass is 10.2. The second-order valence-electron chi connectivity index (χ2n) is 5.27. The molecular weight excluding hydrogens is 308 g/mol. The zero-order chi connectivity index (χ0) is 15.8. The van der Waals surface area contributed by atoms with Gasteiger partial charge in [-0.1, -0.05) is 54.2 Å². The van der Waals surface area contributed by atoms with E-state index >= 15 is 0 Å². The highest BCUT2D eigenvalue weighted by Gasteiger charge is 2.14. The van der Waals surface area contributed by atoms with Crippen LogP contribution in [0, 0.1) is 0 Å². The molecule has 0 aliphatic rings. The van der Waals surface area contributed by atoms with E-state index < -0.39 is 0 Å². The van der Waals surface area contributed by atoms with Gasteiger partial charge in [0.05, 0.1) is 10.9 Å². The van der Waals surface area contributed by atoms with Gasteiger partial charge in [0, 0.05) is 12.8 Å². The third-order valence-electron chi connectivity index (χ3n) is 3.81. The second-order valence-corrected chi connectivity index (χ2v) is 6.22. The SMILES string of the molecule is Cn1c(=O)c2ccccc2n2c(SCc3ccccc3)nnc12. The Morgan fingerprint density at radius 1 is 1.00 bits per heavy atom. The first-order valence-corrected chi connectivity index (χ1v) is 8.24. The van der Waals surface area contributed by atoms with Gasteiger partial charge in [-0.15, -0.1) is 10.2 Å². The van der Waals surface area contributed by atoms with E-state index in [2.05, 4.69) is 22.3 Å². The first-order chi connectivity index (χ1) is 11.3. The van der Waals surface area contributed by atoms with Crippen molar-refractivity contribution in [2.75, 3.05) is 0 Å². The Balaban J connectivity index is 1.87. The molecule has 0 atom stereocenters. The molecule has 2 heterocycles. The number of hydrogen-bond donors (Lipinski definition) is 0. The minimum Gasteiger partial charge on any atom is -0.279 e. The summed E-state index contributed by atoms with van der Waals surface area (Å²) in [4.78, 5) is 12.4. The highest BCUT2D eigenvalue weighted by molar-refractivity contribution is 7.98. The second kappa shape index (κ2) is 5.55. The molecule has 23 heavy (non-hydrogen) atoms. The molecule has 0 saturated carbocycles. The van der Waals surface area contributed by atoms with Crippen LogP contribution in [0.5, 0.6) is 0 Å². The van der Waals surface area contributed by atoms with Crippen molar-refractivity contribution in [3.05, 3.63) is 70.5 Å². The summed E-state index contributed by atoms with van der Waals surface area (Å²) in [5, 5.41) is 9.93. The fourth-order valence-corrected chi connectivity index (χ4v) is 3.52. The molecule has 0 bridgehead atoms. The lowest BCUT2D eigenvalue weighted by Gasteiger charge is -2.07. The number of aryl methyl sites for hydroxylation is 1. The molecular formula is C17H14N4OS. The van der Waals surface area contributed by atoms with Gasteiger partial charge in [-0.05, 0) is 17.7 Å². The molecule has 0 N–H and O–H groups in total. The molecule has 4 aromatic rings. The van der Waals surface area contributed by atoms with Crippen LogP contribution in [0.1, 0.15) is 5.56 Å². The average molecular weight is 322 g/mol. The Morgan fingerprint density at radius 2 is 1.74 bits per heavy atom. The van der Waals surface area contributed by atoms with E-state index in [1.165, 1.54) is 5.56 Å². The molecule has 5 nitrogen and oxygen atoms in total. The number of rotatable bonds is 3. The Labute approximate surface area is 136 Å². The van der Waals surface area contributed by atoms with Crippen molar-refractivity contribution in [3.63, 3.8) is 0 Å². The van der Waals surface area contributed by atoms with E-state index in [0.29, 0.717) is 11.2 Å². The number of nitrogens with zero attached hydrogens (tertiary/aromatic N) is 4. The molecule has 6 heteroatoms. The van der Waals surface area contributed by atoms with Gasteiger partial charge in [0.15, 0.2) is 5.16 Å². The summed E-state index contributed by atoms with van der Waals surface area (Å²) in [5.74, 6) is 1.36. The smallest absolute Gasteiger partial charge is 0.262 e. The quantitative estimate of drug-likeness (QED) is 0.544. The third kappa shape index (κ3) is 2.31. The van der Waals surface area contributed by atoms with Gasteiger partial charge in [-0.3, -0.25) is 13.8 Å². The Bertz CT molecular complexity index is 1050. The maximum Gasteiger partial charge on any atom is 0.262 e. The number of fused-ring (bicyclic) bond motifs is 3. The van der Waals surface area contributed by atoms with Crippen LogP contribution in [0.15, 0.2) is 64.5 Å². The molecule has 0 spiro atoms. The van der Waals surface area contributed by atoms with Crippen molar-refractivity contribution in [1.29, 1.82) is 0 Å². The van der Waals surface area contributed by atoms with E-state index in [1.54, 1.807) is 23.4 Å². The van der Waals surface area contributed by atoms with E-state index in [1.807, 2.05) is 46.9 Å². The summed E-state index contributed by atoms with van der Waals surface area (Å²) < 4.78 is 3.49. The molecule has 0 saturated heterocycles. The van der Waals surface area contributed by atoms with E-state index in [0.717, 1.165) is 16.4 Å². The molecule has 0 fully saturated rings. The van der Waals surface area contributed by atoms with Crippen molar-refractivity contribution in [3.8, 4) is 0 Å². The van der Waals surface area contributed by atoms with Crippen molar-refractivity contribution < 1.29 is 0 Å². The Hall–Kier alpha value is -2.60.